The van der Waals surface area contributed by atoms with E-state index in [0.717, 1.165) is 22.0 Å². The maximum atomic E-state index is 12.3. The topological polar surface area (TPSA) is 57.1 Å². The maximum absolute atomic E-state index is 12.3. The Bertz CT molecular complexity index is 971. The molecule has 0 unspecified atom stereocenters. The van der Waals surface area contributed by atoms with Crippen LogP contribution in [0.15, 0.2) is 47.1 Å². The third-order valence-corrected chi connectivity index (χ3v) is 5.11. The Kier molecular flexibility index (Phi) is 7.55. The fourth-order valence-electron chi connectivity index (χ4n) is 2.67. The Labute approximate surface area is 188 Å². The summed E-state index contributed by atoms with van der Waals surface area (Å²) < 4.78 is 17.8. The molecular formula is C22H21ClINO4. The fraction of sp³-hybridized carbons (Fsp3) is 0.273. The van der Waals surface area contributed by atoms with Gasteiger partial charge in [0.1, 0.15) is 0 Å². The molecule has 0 saturated heterocycles. The third-order valence-electron chi connectivity index (χ3n) is 4.11. The lowest BCUT2D eigenvalue weighted by molar-refractivity contribution is -0.129. The van der Waals surface area contributed by atoms with Crippen LogP contribution in [-0.2, 0) is 9.53 Å². The minimum Gasteiger partial charge on any atom is -0.490 e. The summed E-state index contributed by atoms with van der Waals surface area (Å²) in [5.41, 5.74) is 1.56. The second-order valence-corrected chi connectivity index (χ2v) is 7.95. The van der Waals surface area contributed by atoms with Crippen molar-refractivity contribution in [3.63, 3.8) is 0 Å². The van der Waals surface area contributed by atoms with Crippen LogP contribution in [0.5, 0.6) is 11.5 Å². The number of nitrogens with zero attached hydrogens (tertiary/aromatic N) is 1. The standard InChI is InChI=1S/C22H21ClINO4/c1-3-5-10-28-19-9-6-14(12-20(19)27-4-2)11-18-22(26)29-21(25-18)16-13-15(24)7-8-17(16)23/h6-9,11-13H,3-5,10H2,1-2H3/b18-11-. The summed E-state index contributed by atoms with van der Waals surface area (Å²) in [6, 6.07) is 11.0. The van der Waals surface area contributed by atoms with E-state index in [1.165, 1.54) is 0 Å². The molecule has 0 amide bonds. The summed E-state index contributed by atoms with van der Waals surface area (Å²) in [7, 11) is 0. The van der Waals surface area contributed by atoms with Crippen LogP contribution in [0.3, 0.4) is 0 Å². The smallest absolute Gasteiger partial charge is 0.363 e. The number of hydrogen-bond donors (Lipinski definition) is 0. The van der Waals surface area contributed by atoms with Crippen LogP contribution in [0.25, 0.3) is 6.08 Å². The summed E-state index contributed by atoms with van der Waals surface area (Å²) in [5.74, 6) is 1.01. The van der Waals surface area contributed by atoms with Crippen molar-refractivity contribution in [3.8, 4) is 11.5 Å². The van der Waals surface area contributed by atoms with Gasteiger partial charge in [0.05, 0.1) is 23.8 Å². The van der Waals surface area contributed by atoms with Crippen molar-refractivity contribution in [3.05, 3.63) is 61.8 Å². The first-order chi connectivity index (χ1) is 14.0. The molecule has 0 N–H and O–H groups in total. The van der Waals surface area contributed by atoms with Crippen LogP contribution in [0, 0.1) is 3.57 Å². The molecule has 29 heavy (non-hydrogen) atoms. The molecule has 0 aliphatic carbocycles. The first-order valence-corrected chi connectivity index (χ1v) is 10.8. The van der Waals surface area contributed by atoms with Gasteiger partial charge in [-0.2, -0.15) is 0 Å². The number of ether oxygens (including phenoxy) is 3. The lowest BCUT2D eigenvalue weighted by atomic mass is 10.1. The number of aliphatic imine (C=N–C) groups is 1. The molecule has 2 aromatic carbocycles. The SMILES string of the molecule is CCCCOc1ccc(/C=C2\N=C(c3cc(I)ccc3Cl)OC2=O)cc1OCC. The molecule has 0 bridgehead atoms. The fourth-order valence-corrected chi connectivity index (χ4v) is 3.36. The van der Waals surface area contributed by atoms with Gasteiger partial charge in [0.2, 0.25) is 5.90 Å². The highest BCUT2D eigenvalue weighted by Gasteiger charge is 2.26. The summed E-state index contributed by atoms with van der Waals surface area (Å²) in [6.07, 6.45) is 3.69. The molecule has 1 heterocycles. The molecule has 2 aromatic rings. The molecular weight excluding hydrogens is 505 g/mol. The van der Waals surface area contributed by atoms with Crippen LogP contribution in [0.1, 0.15) is 37.8 Å². The van der Waals surface area contributed by atoms with Crippen molar-refractivity contribution in [2.45, 2.75) is 26.7 Å². The third kappa shape index (κ3) is 5.51. The van der Waals surface area contributed by atoms with Gasteiger partial charge in [0.25, 0.3) is 0 Å². The number of benzene rings is 2. The molecule has 7 heteroatoms. The molecule has 152 valence electrons. The maximum Gasteiger partial charge on any atom is 0.363 e. The molecule has 5 nitrogen and oxygen atoms in total. The Balaban J connectivity index is 1.88. The highest BCUT2D eigenvalue weighted by molar-refractivity contribution is 14.1. The average molecular weight is 526 g/mol. The number of hydrogen-bond acceptors (Lipinski definition) is 5. The van der Waals surface area contributed by atoms with E-state index in [1.54, 1.807) is 12.1 Å². The molecule has 0 saturated carbocycles. The Morgan fingerprint density at radius 3 is 2.72 bits per heavy atom. The normalized spacial score (nSPS) is 14.7. The van der Waals surface area contributed by atoms with Crippen molar-refractivity contribution in [1.82, 2.24) is 0 Å². The highest BCUT2D eigenvalue weighted by atomic mass is 127. The highest BCUT2D eigenvalue weighted by Crippen LogP contribution is 2.31. The lowest BCUT2D eigenvalue weighted by Gasteiger charge is -2.12. The van der Waals surface area contributed by atoms with Gasteiger partial charge < -0.3 is 14.2 Å². The van der Waals surface area contributed by atoms with Crippen molar-refractivity contribution >= 4 is 52.1 Å². The predicted molar refractivity (Wildman–Crippen MR) is 123 cm³/mol. The van der Waals surface area contributed by atoms with Crippen molar-refractivity contribution in [2.75, 3.05) is 13.2 Å². The molecule has 1 aliphatic rings. The van der Waals surface area contributed by atoms with E-state index in [-0.39, 0.29) is 11.6 Å². The van der Waals surface area contributed by atoms with Crippen LogP contribution in [-0.4, -0.2) is 25.1 Å². The number of rotatable bonds is 8. The number of esters is 1. The van der Waals surface area contributed by atoms with Crippen LogP contribution in [0.2, 0.25) is 5.02 Å². The zero-order chi connectivity index (χ0) is 20.8. The molecule has 0 spiro atoms. The predicted octanol–water partition coefficient (Wildman–Crippen LogP) is 5.87. The monoisotopic (exact) mass is 525 g/mol. The van der Waals surface area contributed by atoms with Gasteiger partial charge in [0.15, 0.2) is 17.2 Å². The summed E-state index contributed by atoms with van der Waals surface area (Å²) in [6.45, 7) is 5.17. The van der Waals surface area contributed by atoms with Crippen molar-refractivity contribution < 1.29 is 19.0 Å². The van der Waals surface area contributed by atoms with E-state index in [9.17, 15) is 4.79 Å². The molecule has 0 atom stereocenters. The number of carbonyl (C=O) groups is 1. The molecule has 0 fully saturated rings. The van der Waals surface area contributed by atoms with E-state index in [4.69, 9.17) is 25.8 Å². The van der Waals surface area contributed by atoms with E-state index >= 15 is 0 Å². The van der Waals surface area contributed by atoms with Crippen molar-refractivity contribution in [1.29, 1.82) is 0 Å². The first-order valence-electron chi connectivity index (χ1n) is 9.39. The number of unbranched alkanes of at least 4 members (excludes halogenated alkanes) is 1. The number of cyclic esters (lactones) is 1. The van der Waals surface area contributed by atoms with Gasteiger partial charge in [-0.1, -0.05) is 31.0 Å². The molecule has 3 rings (SSSR count). The Hall–Kier alpha value is -2.06. The van der Waals surface area contributed by atoms with E-state index < -0.39 is 5.97 Å². The minimum absolute atomic E-state index is 0.203. The van der Waals surface area contributed by atoms with E-state index in [0.29, 0.717) is 35.3 Å². The van der Waals surface area contributed by atoms with E-state index in [1.807, 2.05) is 37.3 Å². The minimum atomic E-state index is -0.517. The second-order valence-electron chi connectivity index (χ2n) is 6.30. The Morgan fingerprint density at radius 1 is 1.14 bits per heavy atom. The van der Waals surface area contributed by atoms with Crippen LogP contribution in [0.4, 0.5) is 0 Å². The quantitative estimate of drug-likeness (QED) is 0.187. The lowest BCUT2D eigenvalue weighted by Crippen LogP contribution is -2.06. The van der Waals surface area contributed by atoms with Gasteiger partial charge in [-0.3, -0.25) is 0 Å². The van der Waals surface area contributed by atoms with Crippen LogP contribution >= 0.6 is 34.2 Å². The second kappa shape index (κ2) is 10.1. The Morgan fingerprint density at radius 2 is 1.97 bits per heavy atom. The number of carbonyl (C=O) groups excluding carboxylic acids is 1. The van der Waals surface area contributed by atoms with Gasteiger partial charge in [0, 0.05) is 3.57 Å². The van der Waals surface area contributed by atoms with Crippen LogP contribution < -0.4 is 9.47 Å². The van der Waals surface area contributed by atoms with Crippen molar-refractivity contribution in [2.24, 2.45) is 4.99 Å². The van der Waals surface area contributed by atoms with Gasteiger partial charge >= 0.3 is 5.97 Å². The summed E-state index contributed by atoms with van der Waals surface area (Å²) >= 11 is 8.40. The van der Waals surface area contributed by atoms with Gasteiger partial charge in [-0.25, -0.2) is 9.79 Å². The molecule has 1 aliphatic heterocycles. The first kappa shape index (κ1) is 21.6. The summed E-state index contributed by atoms with van der Waals surface area (Å²) in [4.78, 5) is 16.6. The van der Waals surface area contributed by atoms with Gasteiger partial charge in [-0.05, 0) is 77.9 Å². The largest absolute Gasteiger partial charge is 0.490 e. The van der Waals surface area contributed by atoms with E-state index in [2.05, 4.69) is 34.5 Å². The average Bonchev–Trinajstić information content (AvgIpc) is 3.06. The molecule has 0 aromatic heterocycles. The number of halogens is 2. The zero-order valence-corrected chi connectivity index (χ0v) is 19.1. The summed E-state index contributed by atoms with van der Waals surface area (Å²) in [5, 5.41) is 0.477. The zero-order valence-electron chi connectivity index (χ0n) is 16.2. The van der Waals surface area contributed by atoms with Gasteiger partial charge in [-0.15, -0.1) is 0 Å². The molecule has 0 radical (unpaired) electrons.